The number of rotatable bonds is 3. The fourth-order valence-corrected chi connectivity index (χ4v) is 1.21. The third kappa shape index (κ3) is 4.85. The summed E-state index contributed by atoms with van der Waals surface area (Å²) in [6.07, 6.45) is -0.963. The summed E-state index contributed by atoms with van der Waals surface area (Å²) >= 11 is 5.73. The van der Waals surface area contributed by atoms with Crippen LogP contribution in [0.5, 0.6) is 5.75 Å². The third-order valence-corrected chi connectivity index (χ3v) is 2.01. The van der Waals surface area contributed by atoms with Gasteiger partial charge in [0.25, 0.3) is 0 Å². The summed E-state index contributed by atoms with van der Waals surface area (Å²) in [7, 11) is 0. The van der Waals surface area contributed by atoms with E-state index in [4.69, 9.17) is 16.3 Å². The first-order valence-corrected chi connectivity index (χ1v) is 4.52. The van der Waals surface area contributed by atoms with Crippen molar-refractivity contribution in [1.82, 2.24) is 0 Å². The van der Waals surface area contributed by atoms with E-state index in [-0.39, 0.29) is 51.4 Å². The van der Waals surface area contributed by atoms with Crippen LogP contribution in [0.3, 0.4) is 0 Å². The van der Waals surface area contributed by atoms with Crippen molar-refractivity contribution in [3.05, 3.63) is 28.8 Å². The molecule has 0 spiro atoms. The van der Waals surface area contributed by atoms with Gasteiger partial charge in [-0.25, -0.2) is 0 Å². The monoisotopic (exact) mass is 252 g/mol. The van der Waals surface area contributed by atoms with Gasteiger partial charge in [0.05, 0.1) is 5.97 Å². The average molecular weight is 253 g/mol. The second-order valence-electron chi connectivity index (χ2n) is 2.99. The van der Waals surface area contributed by atoms with Crippen molar-refractivity contribution in [2.24, 2.45) is 0 Å². The van der Waals surface area contributed by atoms with Gasteiger partial charge in [-0.2, -0.15) is 0 Å². The van der Waals surface area contributed by atoms with Crippen LogP contribution in [0.2, 0.25) is 5.02 Å². The van der Waals surface area contributed by atoms with Gasteiger partial charge in [0.15, 0.2) is 0 Å². The van der Waals surface area contributed by atoms with Crippen LogP contribution in [-0.4, -0.2) is 12.1 Å². The summed E-state index contributed by atoms with van der Waals surface area (Å²) < 4.78 is 5.14. The zero-order chi connectivity index (χ0) is 10.7. The van der Waals surface area contributed by atoms with E-state index in [9.17, 15) is 9.90 Å². The summed E-state index contributed by atoms with van der Waals surface area (Å²) in [6, 6.07) is 4.99. The minimum absolute atomic E-state index is 0. The molecule has 0 aliphatic carbocycles. The number of carbonyl (C=O) groups excluding carboxylic acids is 1. The Bertz CT molecular complexity index is 355. The molecule has 0 radical (unpaired) electrons. The van der Waals surface area contributed by atoms with Gasteiger partial charge in [-0.05, 0) is 37.6 Å². The van der Waals surface area contributed by atoms with Crippen molar-refractivity contribution in [2.75, 3.05) is 0 Å². The van der Waals surface area contributed by atoms with Crippen molar-refractivity contribution in [3.63, 3.8) is 0 Å². The van der Waals surface area contributed by atoms with E-state index >= 15 is 0 Å². The zero-order valence-corrected chi connectivity index (χ0v) is 12.8. The van der Waals surface area contributed by atoms with E-state index in [1.165, 1.54) is 6.92 Å². The standard InChI is InChI=1S/C10H11ClO3.K/c1-6-5-8(11)3-4-9(6)14-7(2)10(12)13;/h3-5,7H,1-2H3,(H,12,13);/q;+1/p-1. The van der Waals surface area contributed by atoms with Gasteiger partial charge in [-0.3, -0.25) is 0 Å². The van der Waals surface area contributed by atoms with E-state index in [0.29, 0.717) is 10.8 Å². The van der Waals surface area contributed by atoms with Crippen molar-refractivity contribution in [1.29, 1.82) is 0 Å². The summed E-state index contributed by atoms with van der Waals surface area (Å²) in [4.78, 5) is 10.4. The van der Waals surface area contributed by atoms with Crippen LogP contribution < -0.4 is 61.2 Å². The van der Waals surface area contributed by atoms with Gasteiger partial charge in [0.1, 0.15) is 11.9 Å². The molecule has 76 valence electrons. The number of hydrogen-bond acceptors (Lipinski definition) is 3. The molecule has 1 atom stereocenters. The van der Waals surface area contributed by atoms with Crippen LogP contribution in [0.15, 0.2) is 18.2 Å². The molecule has 0 aromatic heterocycles. The Balaban J connectivity index is 0.00000196. The number of benzene rings is 1. The molecule has 1 aromatic carbocycles. The Hall–Kier alpha value is 0.416. The maximum Gasteiger partial charge on any atom is 1.00 e. The minimum Gasteiger partial charge on any atom is -0.546 e. The molecule has 0 heterocycles. The normalized spacial score (nSPS) is 11.4. The molecule has 0 N–H and O–H groups in total. The molecule has 1 unspecified atom stereocenters. The third-order valence-electron chi connectivity index (χ3n) is 1.77. The van der Waals surface area contributed by atoms with E-state index in [1.807, 2.05) is 0 Å². The van der Waals surface area contributed by atoms with Crippen LogP contribution in [0.1, 0.15) is 12.5 Å². The fourth-order valence-electron chi connectivity index (χ4n) is 0.984. The van der Waals surface area contributed by atoms with E-state index < -0.39 is 12.1 Å². The first-order valence-electron chi connectivity index (χ1n) is 4.14. The van der Waals surface area contributed by atoms with Crippen LogP contribution in [-0.2, 0) is 4.79 Å². The average Bonchev–Trinajstić information content (AvgIpc) is 2.09. The molecule has 0 aliphatic heterocycles. The number of carboxylic acid groups (broad SMARTS) is 1. The Morgan fingerprint density at radius 1 is 1.53 bits per heavy atom. The molecule has 0 bridgehead atoms. The molecule has 1 rings (SSSR count). The summed E-state index contributed by atoms with van der Waals surface area (Å²) in [6.45, 7) is 3.21. The predicted molar refractivity (Wildman–Crippen MR) is 51.3 cm³/mol. The van der Waals surface area contributed by atoms with Crippen molar-refractivity contribution in [3.8, 4) is 5.75 Å². The molecule has 0 fully saturated rings. The Morgan fingerprint density at radius 2 is 2.13 bits per heavy atom. The maximum atomic E-state index is 10.4. The smallest absolute Gasteiger partial charge is 0.546 e. The number of aliphatic carboxylic acids is 1. The zero-order valence-electron chi connectivity index (χ0n) is 8.91. The Kier molecular flexibility index (Phi) is 7.07. The van der Waals surface area contributed by atoms with Crippen LogP contribution in [0.4, 0.5) is 0 Å². The van der Waals surface area contributed by atoms with Crippen LogP contribution >= 0.6 is 11.6 Å². The minimum atomic E-state index is -1.24. The summed E-state index contributed by atoms with van der Waals surface area (Å²) in [5, 5.41) is 11.0. The Labute approximate surface area is 136 Å². The largest absolute Gasteiger partial charge is 1.00 e. The van der Waals surface area contributed by atoms with Gasteiger partial charge in [-0.15, -0.1) is 0 Å². The number of aryl methyl sites for hydroxylation is 1. The predicted octanol–water partition coefficient (Wildman–Crippen LogP) is -1.83. The summed E-state index contributed by atoms with van der Waals surface area (Å²) in [5.74, 6) is -0.731. The molecule has 5 heteroatoms. The molecular formula is C10H10ClKO3. The van der Waals surface area contributed by atoms with E-state index in [2.05, 4.69) is 0 Å². The molecule has 0 aliphatic rings. The van der Waals surface area contributed by atoms with Crippen molar-refractivity contribution in [2.45, 2.75) is 20.0 Å². The number of carboxylic acids is 1. The van der Waals surface area contributed by atoms with E-state index in [0.717, 1.165) is 5.56 Å². The molecule has 0 amide bonds. The van der Waals surface area contributed by atoms with Gasteiger partial charge in [0.2, 0.25) is 0 Å². The first kappa shape index (κ1) is 15.4. The fraction of sp³-hybridized carbons (Fsp3) is 0.300. The SMILES string of the molecule is Cc1cc(Cl)ccc1OC(C)C(=O)[O-].[K+]. The molecule has 15 heavy (non-hydrogen) atoms. The number of hydrogen-bond donors (Lipinski definition) is 0. The van der Waals surface area contributed by atoms with Gasteiger partial charge >= 0.3 is 51.4 Å². The Morgan fingerprint density at radius 3 is 2.60 bits per heavy atom. The number of halogens is 1. The van der Waals surface area contributed by atoms with Crippen LogP contribution in [0.25, 0.3) is 0 Å². The molecule has 1 aromatic rings. The molecule has 0 saturated carbocycles. The first-order chi connectivity index (χ1) is 6.50. The molecular weight excluding hydrogens is 243 g/mol. The maximum absolute atomic E-state index is 10.4. The molecule has 3 nitrogen and oxygen atoms in total. The van der Waals surface area contributed by atoms with Crippen molar-refractivity contribution >= 4 is 17.6 Å². The summed E-state index contributed by atoms with van der Waals surface area (Å²) in [5.41, 5.74) is 0.797. The van der Waals surface area contributed by atoms with Gasteiger partial charge in [0, 0.05) is 5.02 Å². The number of carbonyl (C=O) groups is 1. The number of ether oxygens (including phenoxy) is 1. The van der Waals surface area contributed by atoms with E-state index in [1.54, 1.807) is 25.1 Å². The quantitative estimate of drug-likeness (QED) is 0.595. The topological polar surface area (TPSA) is 49.4 Å². The molecule has 0 saturated heterocycles. The van der Waals surface area contributed by atoms with Gasteiger partial charge < -0.3 is 14.6 Å². The van der Waals surface area contributed by atoms with Gasteiger partial charge in [-0.1, -0.05) is 11.6 Å². The second kappa shape index (κ2) is 6.88. The van der Waals surface area contributed by atoms with Crippen molar-refractivity contribution < 1.29 is 66.0 Å². The second-order valence-corrected chi connectivity index (χ2v) is 3.43. The van der Waals surface area contributed by atoms with Crippen LogP contribution in [0, 0.1) is 6.92 Å².